The van der Waals surface area contributed by atoms with Crippen LogP contribution in [0.4, 0.5) is 0 Å². The van der Waals surface area contributed by atoms with Crippen LogP contribution in [0, 0.1) is 5.92 Å². The van der Waals surface area contributed by atoms with Crippen LogP contribution in [-0.2, 0) is 17.8 Å². The molecule has 0 bridgehead atoms. The number of hydrogen-bond donors (Lipinski definition) is 2. The zero-order chi connectivity index (χ0) is 21.2. The molecule has 0 saturated carbocycles. The Balaban J connectivity index is 1.14. The Hall–Kier alpha value is -2.30. The Labute approximate surface area is 189 Å². The number of carbonyl (C=O) groups is 1. The largest absolute Gasteiger partial charge is 0.357 e. The third-order valence-corrected chi connectivity index (χ3v) is 7.23. The van der Waals surface area contributed by atoms with Crippen molar-refractivity contribution in [3.63, 3.8) is 0 Å². The molecule has 1 atom stereocenters. The van der Waals surface area contributed by atoms with Crippen molar-refractivity contribution in [3.05, 3.63) is 70.4 Å². The lowest BCUT2D eigenvalue weighted by Gasteiger charge is -2.32. The lowest BCUT2D eigenvalue weighted by Crippen LogP contribution is -2.40. The summed E-state index contributed by atoms with van der Waals surface area (Å²) in [4.78, 5) is 19.1. The van der Waals surface area contributed by atoms with Crippen LogP contribution in [0.2, 0.25) is 5.02 Å². The van der Waals surface area contributed by atoms with Crippen LogP contribution in [-0.4, -0.2) is 35.4 Å². The van der Waals surface area contributed by atoms with Crippen LogP contribution in [0.15, 0.2) is 48.5 Å². The third kappa shape index (κ3) is 4.51. The van der Waals surface area contributed by atoms with Gasteiger partial charge in [-0.25, -0.2) is 0 Å². The molecule has 4 nitrogen and oxygen atoms in total. The molecule has 2 N–H and O–H groups in total. The molecule has 1 unspecified atom stereocenters. The van der Waals surface area contributed by atoms with E-state index in [9.17, 15) is 4.79 Å². The number of halogens is 1. The molecule has 3 aromatic rings. The van der Waals surface area contributed by atoms with Crippen LogP contribution in [0.1, 0.15) is 48.4 Å². The number of hydrogen-bond acceptors (Lipinski definition) is 2. The summed E-state index contributed by atoms with van der Waals surface area (Å²) in [7, 11) is 0. The standard InChI is InChI=1S/C26H30ClN3O/c27-20-6-3-5-19(15-20)17-30-13-11-18(12-14-30)16-28-26(31)23-9-4-8-22-21-7-1-2-10-24(21)29-25(22)23/h1-3,5-7,10,15,18,23,29H,4,8-9,11-14,16-17H2,(H,28,31). The van der Waals surface area contributed by atoms with E-state index in [0.29, 0.717) is 5.92 Å². The van der Waals surface area contributed by atoms with Gasteiger partial charge in [-0.3, -0.25) is 9.69 Å². The first-order chi connectivity index (χ1) is 15.2. The SMILES string of the molecule is O=C(NCC1CCN(Cc2cccc(Cl)c2)CC1)C1CCCc2c1[nH]c1ccccc21. The highest BCUT2D eigenvalue weighted by Crippen LogP contribution is 2.36. The average molecular weight is 436 g/mol. The number of aryl methyl sites for hydroxylation is 1. The van der Waals surface area contributed by atoms with E-state index in [1.807, 2.05) is 12.1 Å². The number of aromatic amines is 1. The number of likely N-dealkylation sites (tertiary alicyclic amines) is 1. The molecule has 2 heterocycles. The van der Waals surface area contributed by atoms with Gasteiger partial charge in [0.2, 0.25) is 5.91 Å². The number of fused-ring (bicyclic) bond motifs is 3. The molecule has 31 heavy (non-hydrogen) atoms. The van der Waals surface area contributed by atoms with Crippen molar-refractivity contribution in [3.8, 4) is 0 Å². The zero-order valence-corrected chi connectivity index (χ0v) is 18.6. The van der Waals surface area contributed by atoms with E-state index in [1.165, 1.54) is 16.5 Å². The summed E-state index contributed by atoms with van der Waals surface area (Å²) in [6.45, 7) is 3.88. The Morgan fingerprint density at radius 3 is 2.77 bits per heavy atom. The minimum atomic E-state index is -0.0425. The van der Waals surface area contributed by atoms with Crippen molar-refractivity contribution >= 4 is 28.4 Å². The molecule has 2 aromatic carbocycles. The quantitative estimate of drug-likeness (QED) is 0.573. The monoisotopic (exact) mass is 435 g/mol. The van der Waals surface area contributed by atoms with Crippen molar-refractivity contribution in [2.75, 3.05) is 19.6 Å². The first kappa shape index (κ1) is 20.6. The number of rotatable bonds is 5. The summed E-state index contributed by atoms with van der Waals surface area (Å²) in [6, 6.07) is 16.5. The minimum absolute atomic E-state index is 0.0425. The molecule has 1 aromatic heterocycles. The third-order valence-electron chi connectivity index (χ3n) is 7.00. The summed E-state index contributed by atoms with van der Waals surface area (Å²) in [5.41, 5.74) is 4.91. The van der Waals surface area contributed by atoms with Gasteiger partial charge in [0.1, 0.15) is 0 Å². The Morgan fingerprint density at radius 1 is 1.10 bits per heavy atom. The summed E-state index contributed by atoms with van der Waals surface area (Å²) >= 11 is 6.11. The van der Waals surface area contributed by atoms with Crippen LogP contribution in [0.3, 0.4) is 0 Å². The van der Waals surface area contributed by atoms with Gasteiger partial charge in [-0.1, -0.05) is 41.9 Å². The van der Waals surface area contributed by atoms with Gasteiger partial charge in [-0.15, -0.1) is 0 Å². The van der Waals surface area contributed by atoms with Gasteiger partial charge >= 0.3 is 0 Å². The van der Waals surface area contributed by atoms with Gasteiger partial charge in [0.05, 0.1) is 5.92 Å². The maximum absolute atomic E-state index is 13.1. The van der Waals surface area contributed by atoms with Crippen molar-refractivity contribution in [1.29, 1.82) is 0 Å². The molecule has 5 heteroatoms. The maximum Gasteiger partial charge on any atom is 0.229 e. The Bertz CT molecular complexity index is 1070. The molecule has 1 aliphatic heterocycles. The second-order valence-corrected chi connectivity index (χ2v) is 9.54. The van der Waals surface area contributed by atoms with E-state index < -0.39 is 0 Å². The van der Waals surface area contributed by atoms with Crippen molar-refractivity contribution in [1.82, 2.24) is 15.2 Å². The van der Waals surface area contributed by atoms with E-state index >= 15 is 0 Å². The average Bonchev–Trinajstić information content (AvgIpc) is 3.17. The Morgan fingerprint density at radius 2 is 1.94 bits per heavy atom. The normalized spacial score (nSPS) is 20.0. The minimum Gasteiger partial charge on any atom is -0.357 e. The van der Waals surface area contributed by atoms with E-state index in [4.69, 9.17) is 11.6 Å². The number of para-hydroxylation sites is 1. The van der Waals surface area contributed by atoms with Crippen LogP contribution in [0.5, 0.6) is 0 Å². The highest BCUT2D eigenvalue weighted by atomic mass is 35.5. The predicted molar refractivity (Wildman–Crippen MR) is 126 cm³/mol. The lowest BCUT2D eigenvalue weighted by atomic mass is 9.86. The van der Waals surface area contributed by atoms with Gasteiger partial charge < -0.3 is 10.3 Å². The highest BCUT2D eigenvalue weighted by molar-refractivity contribution is 6.30. The molecule has 0 radical (unpaired) electrons. The van der Waals surface area contributed by atoms with E-state index in [-0.39, 0.29) is 11.8 Å². The molecule has 2 aliphatic rings. The summed E-state index contributed by atoms with van der Waals surface area (Å²) < 4.78 is 0. The molecule has 1 fully saturated rings. The second kappa shape index (κ2) is 9.05. The number of aromatic nitrogens is 1. The first-order valence-corrected chi connectivity index (χ1v) is 11.9. The molecular weight excluding hydrogens is 406 g/mol. The Kier molecular flexibility index (Phi) is 6.02. The number of piperidine rings is 1. The second-order valence-electron chi connectivity index (χ2n) is 9.10. The van der Waals surface area contributed by atoms with Gasteiger partial charge in [-0.05, 0) is 80.4 Å². The van der Waals surface area contributed by atoms with Crippen molar-refractivity contribution in [2.45, 2.75) is 44.6 Å². The van der Waals surface area contributed by atoms with Crippen molar-refractivity contribution in [2.24, 2.45) is 5.92 Å². The smallest absolute Gasteiger partial charge is 0.229 e. The number of benzene rings is 2. The van der Waals surface area contributed by atoms with Gasteiger partial charge in [0.15, 0.2) is 0 Å². The predicted octanol–water partition coefficient (Wildman–Crippen LogP) is 5.27. The maximum atomic E-state index is 13.1. The topological polar surface area (TPSA) is 48.1 Å². The van der Waals surface area contributed by atoms with E-state index in [1.54, 1.807) is 0 Å². The molecule has 1 saturated heterocycles. The summed E-state index contributed by atoms with van der Waals surface area (Å²) in [5.74, 6) is 0.707. The molecule has 162 valence electrons. The number of H-pyrrole nitrogens is 1. The summed E-state index contributed by atoms with van der Waals surface area (Å²) in [5, 5.41) is 5.37. The summed E-state index contributed by atoms with van der Waals surface area (Å²) in [6.07, 6.45) is 5.33. The van der Waals surface area contributed by atoms with E-state index in [2.05, 4.69) is 51.6 Å². The van der Waals surface area contributed by atoms with Crippen LogP contribution in [0.25, 0.3) is 10.9 Å². The number of amides is 1. The molecule has 1 amide bonds. The molecule has 5 rings (SSSR count). The fraction of sp³-hybridized carbons (Fsp3) is 0.423. The fourth-order valence-corrected chi connectivity index (χ4v) is 5.50. The van der Waals surface area contributed by atoms with Gasteiger partial charge in [0, 0.05) is 34.7 Å². The van der Waals surface area contributed by atoms with Gasteiger partial charge in [-0.2, -0.15) is 0 Å². The molecule has 1 aliphatic carbocycles. The highest BCUT2D eigenvalue weighted by Gasteiger charge is 2.30. The van der Waals surface area contributed by atoms with Crippen LogP contribution < -0.4 is 5.32 Å². The lowest BCUT2D eigenvalue weighted by molar-refractivity contribution is -0.123. The number of carbonyl (C=O) groups excluding carboxylic acids is 1. The molecular formula is C26H30ClN3O. The van der Waals surface area contributed by atoms with E-state index in [0.717, 1.165) is 74.5 Å². The van der Waals surface area contributed by atoms with Crippen LogP contribution >= 0.6 is 11.6 Å². The van der Waals surface area contributed by atoms with Gasteiger partial charge in [0.25, 0.3) is 0 Å². The number of nitrogens with one attached hydrogen (secondary N) is 2. The molecule has 0 spiro atoms. The zero-order valence-electron chi connectivity index (χ0n) is 17.9. The van der Waals surface area contributed by atoms with Crippen molar-refractivity contribution < 1.29 is 4.79 Å². The fourth-order valence-electron chi connectivity index (χ4n) is 5.29. The number of nitrogens with zero attached hydrogens (tertiary/aromatic N) is 1. The first-order valence-electron chi connectivity index (χ1n) is 11.5.